The van der Waals surface area contributed by atoms with Gasteiger partial charge in [-0.3, -0.25) is 4.79 Å². The maximum absolute atomic E-state index is 12.1. The van der Waals surface area contributed by atoms with E-state index in [1.54, 1.807) is 17.9 Å². The Hall–Kier alpha value is -2.21. The molecular formula is C13H16N4O2. The lowest BCUT2D eigenvalue weighted by Gasteiger charge is -2.15. The molecule has 0 radical (unpaired) electrons. The molecule has 0 saturated heterocycles. The maximum atomic E-state index is 12.1. The van der Waals surface area contributed by atoms with Crippen molar-refractivity contribution in [2.45, 2.75) is 6.92 Å². The van der Waals surface area contributed by atoms with Gasteiger partial charge >= 0.3 is 0 Å². The lowest BCUT2D eigenvalue weighted by Crippen LogP contribution is -2.29. The number of carbonyl (C=O) groups is 1. The number of rotatable bonds is 4. The average molecular weight is 260 g/mol. The Balaban J connectivity index is 2.31. The molecule has 2 aromatic rings. The molecule has 6 heteroatoms. The monoisotopic (exact) mass is 260 g/mol. The molecule has 6 nitrogen and oxygen atoms in total. The Morgan fingerprint density at radius 2 is 2.26 bits per heavy atom. The summed E-state index contributed by atoms with van der Waals surface area (Å²) in [5, 5.41) is 13.1. The first-order valence-corrected chi connectivity index (χ1v) is 5.97. The molecule has 1 amide bonds. The largest absolute Gasteiger partial charge is 0.395 e. The van der Waals surface area contributed by atoms with E-state index in [9.17, 15) is 4.79 Å². The lowest BCUT2D eigenvalue weighted by molar-refractivity contribution is 0.0766. The zero-order chi connectivity index (χ0) is 13.8. The van der Waals surface area contributed by atoms with Crippen LogP contribution in [-0.2, 0) is 0 Å². The molecule has 19 heavy (non-hydrogen) atoms. The number of aliphatic hydroxyl groups is 1. The minimum Gasteiger partial charge on any atom is -0.395 e. The summed E-state index contributed by atoms with van der Waals surface area (Å²) in [7, 11) is 1.65. The highest BCUT2D eigenvalue weighted by molar-refractivity contribution is 5.95. The van der Waals surface area contributed by atoms with Crippen LogP contribution in [0.15, 0.2) is 30.6 Å². The lowest BCUT2D eigenvalue weighted by atomic mass is 10.2. The summed E-state index contributed by atoms with van der Waals surface area (Å²) in [6.07, 6.45) is 3.20. The predicted molar refractivity (Wildman–Crippen MR) is 70.1 cm³/mol. The van der Waals surface area contributed by atoms with Gasteiger partial charge in [0, 0.05) is 19.8 Å². The van der Waals surface area contributed by atoms with Crippen molar-refractivity contribution >= 4 is 5.91 Å². The highest BCUT2D eigenvalue weighted by Crippen LogP contribution is 2.13. The van der Waals surface area contributed by atoms with Gasteiger partial charge in [0.2, 0.25) is 0 Å². The van der Waals surface area contributed by atoms with Gasteiger partial charge < -0.3 is 10.0 Å². The van der Waals surface area contributed by atoms with Gasteiger partial charge in [0.15, 0.2) is 5.82 Å². The van der Waals surface area contributed by atoms with Crippen LogP contribution in [0.2, 0.25) is 0 Å². The van der Waals surface area contributed by atoms with Crippen molar-refractivity contribution in [3.05, 3.63) is 41.9 Å². The SMILES string of the molecule is Cc1c(C(=O)N(C)CCO)cnn1-c1ccccn1. The molecule has 0 unspecified atom stereocenters. The van der Waals surface area contributed by atoms with E-state index in [0.717, 1.165) is 5.69 Å². The molecule has 0 fully saturated rings. The van der Waals surface area contributed by atoms with Crippen LogP contribution in [-0.4, -0.2) is 50.9 Å². The fraction of sp³-hybridized carbons (Fsp3) is 0.308. The second-order valence-corrected chi connectivity index (χ2v) is 4.19. The van der Waals surface area contributed by atoms with Crippen LogP contribution in [0.25, 0.3) is 5.82 Å². The second kappa shape index (κ2) is 5.62. The smallest absolute Gasteiger partial charge is 0.257 e. The second-order valence-electron chi connectivity index (χ2n) is 4.19. The van der Waals surface area contributed by atoms with Gasteiger partial charge in [-0.1, -0.05) is 6.07 Å². The van der Waals surface area contributed by atoms with Crippen molar-refractivity contribution in [1.82, 2.24) is 19.7 Å². The third-order valence-corrected chi connectivity index (χ3v) is 2.89. The van der Waals surface area contributed by atoms with Gasteiger partial charge in [0.05, 0.1) is 24.1 Å². The summed E-state index contributed by atoms with van der Waals surface area (Å²) in [4.78, 5) is 17.8. The Bertz CT molecular complexity index is 565. The zero-order valence-electron chi connectivity index (χ0n) is 10.9. The number of pyridine rings is 1. The first kappa shape index (κ1) is 13.2. The third kappa shape index (κ3) is 2.63. The van der Waals surface area contributed by atoms with Crippen LogP contribution in [0.5, 0.6) is 0 Å². The van der Waals surface area contributed by atoms with E-state index >= 15 is 0 Å². The van der Waals surface area contributed by atoms with Crippen molar-refractivity contribution in [3.63, 3.8) is 0 Å². The highest BCUT2D eigenvalue weighted by Gasteiger charge is 2.18. The van der Waals surface area contributed by atoms with E-state index < -0.39 is 0 Å². The Morgan fingerprint density at radius 1 is 1.47 bits per heavy atom. The molecule has 2 heterocycles. The Morgan fingerprint density at radius 3 is 2.89 bits per heavy atom. The molecule has 0 spiro atoms. The summed E-state index contributed by atoms with van der Waals surface area (Å²) in [5.74, 6) is 0.512. The van der Waals surface area contributed by atoms with Crippen molar-refractivity contribution in [2.75, 3.05) is 20.2 Å². The summed E-state index contributed by atoms with van der Waals surface area (Å²) < 4.78 is 1.63. The van der Waals surface area contributed by atoms with Gasteiger partial charge in [0.25, 0.3) is 5.91 Å². The number of amides is 1. The topological polar surface area (TPSA) is 71.2 Å². The number of hydrogen-bond acceptors (Lipinski definition) is 4. The third-order valence-electron chi connectivity index (χ3n) is 2.89. The van der Waals surface area contributed by atoms with E-state index in [-0.39, 0.29) is 12.5 Å². The molecule has 2 rings (SSSR count). The Labute approximate surface area is 111 Å². The van der Waals surface area contributed by atoms with E-state index in [2.05, 4.69) is 10.1 Å². The molecule has 100 valence electrons. The van der Waals surface area contributed by atoms with E-state index in [1.807, 2.05) is 25.1 Å². The van der Waals surface area contributed by atoms with E-state index in [4.69, 9.17) is 5.11 Å². The van der Waals surface area contributed by atoms with Crippen LogP contribution >= 0.6 is 0 Å². The summed E-state index contributed by atoms with van der Waals surface area (Å²) in [6.45, 7) is 2.06. The normalized spacial score (nSPS) is 10.5. The van der Waals surface area contributed by atoms with Gasteiger partial charge in [-0.05, 0) is 19.1 Å². The molecular weight excluding hydrogens is 244 g/mol. The highest BCUT2D eigenvalue weighted by atomic mass is 16.3. The van der Waals surface area contributed by atoms with Crippen molar-refractivity contribution in [1.29, 1.82) is 0 Å². The summed E-state index contributed by atoms with van der Waals surface area (Å²) in [5.41, 5.74) is 1.25. The van der Waals surface area contributed by atoms with Crippen LogP contribution in [0.4, 0.5) is 0 Å². The van der Waals surface area contributed by atoms with Gasteiger partial charge in [-0.25, -0.2) is 9.67 Å². The predicted octanol–water partition coefficient (Wildman–Crippen LogP) is 0.640. The minimum atomic E-state index is -0.159. The number of aromatic nitrogens is 3. The zero-order valence-corrected chi connectivity index (χ0v) is 10.9. The van der Waals surface area contributed by atoms with Gasteiger partial charge in [0.1, 0.15) is 0 Å². The molecule has 0 atom stereocenters. The fourth-order valence-electron chi connectivity index (χ4n) is 1.79. The molecule has 0 aliphatic rings. The maximum Gasteiger partial charge on any atom is 0.257 e. The number of nitrogens with zero attached hydrogens (tertiary/aromatic N) is 4. The standard InChI is InChI=1S/C13H16N4O2/c1-10-11(13(19)16(2)7-8-18)9-15-17(10)12-5-3-4-6-14-12/h3-6,9,18H,7-8H2,1-2H3. The van der Waals surface area contributed by atoms with Gasteiger partial charge in [-0.2, -0.15) is 5.10 Å². The van der Waals surface area contributed by atoms with Crippen LogP contribution in [0.3, 0.4) is 0 Å². The van der Waals surface area contributed by atoms with Crippen molar-refractivity contribution < 1.29 is 9.90 Å². The Kier molecular flexibility index (Phi) is 3.91. The molecule has 1 N–H and O–H groups in total. The molecule has 0 aromatic carbocycles. The molecule has 0 aliphatic heterocycles. The molecule has 2 aromatic heterocycles. The van der Waals surface area contributed by atoms with Gasteiger partial charge in [-0.15, -0.1) is 0 Å². The number of carbonyl (C=O) groups excluding carboxylic acids is 1. The molecule has 0 aliphatic carbocycles. The summed E-state index contributed by atoms with van der Waals surface area (Å²) >= 11 is 0. The number of aliphatic hydroxyl groups excluding tert-OH is 1. The fourth-order valence-corrected chi connectivity index (χ4v) is 1.79. The van der Waals surface area contributed by atoms with Crippen LogP contribution in [0.1, 0.15) is 16.1 Å². The van der Waals surface area contributed by atoms with Crippen LogP contribution < -0.4 is 0 Å². The van der Waals surface area contributed by atoms with Crippen molar-refractivity contribution in [3.8, 4) is 5.82 Å². The first-order valence-electron chi connectivity index (χ1n) is 5.97. The van der Waals surface area contributed by atoms with Crippen molar-refractivity contribution in [2.24, 2.45) is 0 Å². The summed E-state index contributed by atoms with van der Waals surface area (Å²) in [6, 6.07) is 5.51. The molecule has 0 bridgehead atoms. The first-order chi connectivity index (χ1) is 9.15. The quantitative estimate of drug-likeness (QED) is 0.875. The van der Waals surface area contributed by atoms with Crippen LogP contribution in [0, 0.1) is 6.92 Å². The molecule has 0 saturated carbocycles. The minimum absolute atomic E-state index is 0.0599. The average Bonchev–Trinajstić information content (AvgIpc) is 2.81. The van der Waals surface area contributed by atoms with E-state index in [1.165, 1.54) is 11.1 Å². The number of hydrogen-bond donors (Lipinski definition) is 1. The van der Waals surface area contributed by atoms with E-state index in [0.29, 0.717) is 17.9 Å². The number of likely N-dealkylation sites (N-methyl/N-ethyl adjacent to an activating group) is 1.